The smallest absolute Gasteiger partial charge is 0.119 e. The van der Waals surface area contributed by atoms with Crippen LogP contribution in [-0.2, 0) is 16.7 Å². The summed E-state index contributed by atoms with van der Waals surface area (Å²) in [6.45, 7) is 0. The summed E-state index contributed by atoms with van der Waals surface area (Å²) in [7, 11) is 3.32. The molecule has 3 aromatic rings. The lowest BCUT2D eigenvalue weighted by atomic mass is 9.68. The Balaban J connectivity index is 1.61. The molecule has 1 fully saturated rings. The number of rotatable bonds is 6. The zero-order valence-corrected chi connectivity index (χ0v) is 18.0. The van der Waals surface area contributed by atoms with E-state index in [0.29, 0.717) is 5.92 Å². The quantitative estimate of drug-likeness (QED) is 0.450. The maximum Gasteiger partial charge on any atom is 0.119 e. The van der Waals surface area contributed by atoms with Gasteiger partial charge in [-0.2, -0.15) is 5.10 Å². The predicted octanol–water partition coefficient (Wildman–Crippen LogP) is 5.12. The molecule has 5 nitrogen and oxygen atoms in total. The van der Waals surface area contributed by atoms with Crippen molar-refractivity contribution < 1.29 is 9.57 Å². The molecular weight excluding hydrogens is 386 g/mol. The standard InChI is InChI=1S/C26H27N3O2/c1-30-21-13-7-12-20(16-21)26(19-10-4-3-5-11-19)15-14-22-23(17-26)27-28-25(22)24(29-31-2)18-8-6-9-18/h3-5,7,10-16,18H,6,8-9,17H2,1-2H3,(H,27,28). The normalized spacial score (nSPS) is 20.8. The topological polar surface area (TPSA) is 59.5 Å². The Morgan fingerprint density at radius 3 is 2.58 bits per heavy atom. The van der Waals surface area contributed by atoms with Gasteiger partial charge in [0.25, 0.3) is 0 Å². The van der Waals surface area contributed by atoms with E-state index in [1.54, 1.807) is 14.2 Å². The molecule has 2 aliphatic carbocycles. The van der Waals surface area contributed by atoms with Crippen LogP contribution < -0.4 is 4.74 Å². The minimum absolute atomic E-state index is 0.304. The van der Waals surface area contributed by atoms with E-state index < -0.39 is 0 Å². The van der Waals surface area contributed by atoms with Crippen molar-refractivity contribution in [3.8, 4) is 5.75 Å². The molecule has 0 saturated heterocycles. The SMILES string of the molecule is CON=C(c1n[nH]c2c1C=CC(c1ccccc1)(c1cccc(OC)c1)C2)C1CCC1. The van der Waals surface area contributed by atoms with Crippen LogP contribution in [0.1, 0.15) is 47.3 Å². The Bertz CT molecular complexity index is 1130. The molecule has 1 unspecified atom stereocenters. The van der Waals surface area contributed by atoms with Crippen molar-refractivity contribution in [2.45, 2.75) is 31.1 Å². The van der Waals surface area contributed by atoms with Crippen LogP contribution in [0.15, 0.2) is 65.8 Å². The Morgan fingerprint density at radius 1 is 1.06 bits per heavy atom. The van der Waals surface area contributed by atoms with Crippen LogP contribution in [0.3, 0.4) is 0 Å². The molecule has 5 rings (SSSR count). The molecule has 0 radical (unpaired) electrons. The third kappa shape index (κ3) is 3.34. The minimum Gasteiger partial charge on any atom is -0.497 e. The largest absolute Gasteiger partial charge is 0.497 e. The summed E-state index contributed by atoms with van der Waals surface area (Å²) in [5.41, 5.74) is 6.26. The predicted molar refractivity (Wildman–Crippen MR) is 122 cm³/mol. The molecule has 1 saturated carbocycles. The maximum atomic E-state index is 5.53. The van der Waals surface area contributed by atoms with Crippen molar-refractivity contribution in [2.75, 3.05) is 14.2 Å². The van der Waals surface area contributed by atoms with E-state index in [1.165, 1.54) is 17.5 Å². The van der Waals surface area contributed by atoms with Crippen LogP contribution >= 0.6 is 0 Å². The number of ether oxygens (including phenoxy) is 1. The second-order valence-corrected chi connectivity index (χ2v) is 8.33. The molecule has 158 valence electrons. The van der Waals surface area contributed by atoms with Gasteiger partial charge < -0.3 is 9.57 Å². The van der Waals surface area contributed by atoms with Gasteiger partial charge in [0.2, 0.25) is 0 Å². The van der Waals surface area contributed by atoms with Crippen molar-refractivity contribution in [3.63, 3.8) is 0 Å². The summed E-state index contributed by atoms with van der Waals surface area (Å²) in [5.74, 6) is 1.29. The van der Waals surface area contributed by atoms with Gasteiger partial charge >= 0.3 is 0 Å². The first-order chi connectivity index (χ1) is 15.2. The number of hydrogen-bond donors (Lipinski definition) is 1. The van der Waals surface area contributed by atoms with Crippen molar-refractivity contribution in [3.05, 3.63) is 88.8 Å². The van der Waals surface area contributed by atoms with Crippen molar-refractivity contribution in [2.24, 2.45) is 11.1 Å². The molecule has 1 aromatic heterocycles. The first-order valence-corrected chi connectivity index (χ1v) is 10.8. The molecule has 1 heterocycles. The lowest BCUT2D eigenvalue weighted by Gasteiger charge is -2.35. The van der Waals surface area contributed by atoms with Gasteiger partial charge in [-0.15, -0.1) is 0 Å². The molecule has 5 heteroatoms. The van der Waals surface area contributed by atoms with E-state index in [-0.39, 0.29) is 5.41 Å². The zero-order chi connectivity index (χ0) is 21.3. The molecular formula is C26H27N3O2. The van der Waals surface area contributed by atoms with Gasteiger partial charge in [-0.25, -0.2) is 0 Å². The van der Waals surface area contributed by atoms with Gasteiger partial charge in [-0.05, 0) is 36.1 Å². The number of oxime groups is 1. The van der Waals surface area contributed by atoms with E-state index in [9.17, 15) is 0 Å². The maximum absolute atomic E-state index is 5.53. The fourth-order valence-corrected chi connectivity index (χ4v) is 4.75. The molecule has 0 aliphatic heterocycles. The highest BCUT2D eigenvalue weighted by Crippen LogP contribution is 2.43. The molecule has 0 amide bonds. The van der Waals surface area contributed by atoms with Gasteiger partial charge in [-0.1, -0.05) is 66.2 Å². The number of nitrogens with zero attached hydrogens (tertiary/aromatic N) is 2. The van der Waals surface area contributed by atoms with Crippen molar-refractivity contribution >= 4 is 11.8 Å². The van der Waals surface area contributed by atoms with Crippen LogP contribution in [-0.4, -0.2) is 30.1 Å². The van der Waals surface area contributed by atoms with Gasteiger partial charge in [0, 0.05) is 29.0 Å². The first-order valence-electron chi connectivity index (χ1n) is 10.8. The number of methoxy groups -OCH3 is 1. The summed E-state index contributed by atoms with van der Waals surface area (Å²) in [6, 6.07) is 19.0. The first kappa shape index (κ1) is 19.6. The van der Waals surface area contributed by atoms with Crippen LogP contribution in [0.2, 0.25) is 0 Å². The zero-order valence-electron chi connectivity index (χ0n) is 18.0. The number of nitrogens with one attached hydrogen (secondary N) is 1. The van der Waals surface area contributed by atoms with Crippen LogP contribution in [0.5, 0.6) is 5.75 Å². The van der Waals surface area contributed by atoms with Crippen molar-refractivity contribution in [1.82, 2.24) is 10.2 Å². The molecule has 0 spiro atoms. The number of benzene rings is 2. The Kier molecular flexibility index (Phi) is 5.10. The van der Waals surface area contributed by atoms with Gasteiger partial charge in [0.05, 0.1) is 7.11 Å². The number of allylic oxidation sites excluding steroid dienone is 1. The number of aromatic nitrogens is 2. The molecule has 2 aliphatic rings. The average Bonchev–Trinajstić information content (AvgIpc) is 3.21. The van der Waals surface area contributed by atoms with Gasteiger partial charge in [-0.3, -0.25) is 5.10 Å². The molecule has 31 heavy (non-hydrogen) atoms. The van der Waals surface area contributed by atoms with E-state index in [0.717, 1.165) is 47.7 Å². The number of hydrogen-bond acceptors (Lipinski definition) is 4. The van der Waals surface area contributed by atoms with Crippen molar-refractivity contribution in [1.29, 1.82) is 0 Å². The summed E-state index contributed by atoms with van der Waals surface area (Å²) in [6.07, 6.45) is 8.82. The molecule has 2 aromatic carbocycles. The molecule has 1 N–H and O–H groups in total. The lowest BCUT2D eigenvalue weighted by molar-refractivity contribution is 0.208. The average molecular weight is 414 g/mol. The van der Waals surface area contributed by atoms with Gasteiger partial charge in [0.15, 0.2) is 0 Å². The van der Waals surface area contributed by atoms with E-state index in [1.807, 2.05) is 6.07 Å². The fourth-order valence-electron chi connectivity index (χ4n) is 4.75. The fraction of sp³-hybridized carbons (Fsp3) is 0.308. The lowest BCUT2D eigenvalue weighted by Crippen LogP contribution is -2.31. The van der Waals surface area contributed by atoms with Crippen LogP contribution in [0, 0.1) is 5.92 Å². The summed E-state index contributed by atoms with van der Waals surface area (Å²) in [4.78, 5) is 5.18. The number of aromatic amines is 1. The highest BCUT2D eigenvalue weighted by Gasteiger charge is 2.38. The Morgan fingerprint density at radius 2 is 1.87 bits per heavy atom. The minimum atomic E-state index is -0.304. The second kappa shape index (κ2) is 8.06. The van der Waals surface area contributed by atoms with E-state index >= 15 is 0 Å². The Hall–Kier alpha value is -3.34. The highest BCUT2D eigenvalue weighted by molar-refractivity contribution is 6.04. The summed E-state index contributed by atoms with van der Waals surface area (Å²) in [5, 5.41) is 12.4. The van der Waals surface area contributed by atoms with E-state index in [2.05, 4.69) is 70.9 Å². The monoisotopic (exact) mass is 413 g/mol. The van der Waals surface area contributed by atoms with Crippen LogP contribution in [0.4, 0.5) is 0 Å². The number of fused-ring (bicyclic) bond motifs is 1. The summed E-state index contributed by atoms with van der Waals surface area (Å²) >= 11 is 0. The van der Waals surface area contributed by atoms with E-state index in [4.69, 9.17) is 14.7 Å². The highest BCUT2D eigenvalue weighted by atomic mass is 16.6. The molecule has 1 atom stereocenters. The third-order valence-electron chi connectivity index (χ3n) is 6.67. The van der Waals surface area contributed by atoms with Gasteiger partial charge in [0.1, 0.15) is 24.3 Å². The number of H-pyrrole nitrogens is 1. The summed E-state index contributed by atoms with van der Waals surface area (Å²) < 4.78 is 5.53. The second-order valence-electron chi connectivity index (χ2n) is 8.33. The molecule has 0 bridgehead atoms. The van der Waals surface area contributed by atoms with Crippen LogP contribution in [0.25, 0.3) is 6.08 Å². The third-order valence-corrected chi connectivity index (χ3v) is 6.67. The Labute approximate surface area is 182 Å².